The molecule has 2 aliphatic heterocycles. The summed E-state index contributed by atoms with van der Waals surface area (Å²) in [5.41, 5.74) is 2.22. The molecule has 3 heterocycles. The maximum atomic E-state index is 12.5. The molecule has 27 heavy (non-hydrogen) atoms. The number of carbonyl (C=O) groups excluding carboxylic acids is 1. The van der Waals surface area contributed by atoms with Crippen LogP contribution in [0.4, 0.5) is 0 Å². The van der Waals surface area contributed by atoms with Crippen LogP contribution in [0, 0.1) is 0 Å². The number of hydrogen-bond donors (Lipinski definition) is 0. The van der Waals surface area contributed by atoms with Gasteiger partial charge in [-0.25, -0.2) is 0 Å². The Labute approximate surface area is 165 Å². The third-order valence-electron chi connectivity index (χ3n) is 5.74. The van der Waals surface area contributed by atoms with E-state index >= 15 is 0 Å². The van der Waals surface area contributed by atoms with Crippen LogP contribution in [-0.4, -0.2) is 42.2 Å². The maximum Gasteiger partial charge on any atom is 0.227 e. The molecule has 2 saturated heterocycles. The van der Waals surface area contributed by atoms with Gasteiger partial charge in [0.1, 0.15) is 0 Å². The minimum absolute atomic E-state index is 0.112. The molecule has 5 heteroatoms. The zero-order chi connectivity index (χ0) is 18.5. The number of benzene rings is 1. The zero-order valence-corrected chi connectivity index (χ0v) is 16.5. The number of thiophene rings is 1. The Morgan fingerprint density at radius 3 is 2.74 bits per heavy atom. The number of piperidine rings is 1. The third-order valence-corrected chi connectivity index (χ3v) is 6.47. The van der Waals surface area contributed by atoms with Crippen molar-refractivity contribution in [3.63, 3.8) is 0 Å². The van der Waals surface area contributed by atoms with Gasteiger partial charge in [-0.1, -0.05) is 30.3 Å². The van der Waals surface area contributed by atoms with Crippen molar-refractivity contribution in [2.24, 2.45) is 0 Å². The molecule has 2 aromatic rings. The number of carbonyl (C=O) groups is 1. The topological polar surface area (TPSA) is 38.8 Å². The smallest absolute Gasteiger partial charge is 0.227 e. The molecule has 4 rings (SSSR count). The Morgan fingerprint density at radius 2 is 2.00 bits per heavy atom. The second kappa shape index (κ2) is 8.55. The minimum Gasteiger partial charge on any atom is -0.375 e. The van der Waals surface area contributed by atoms with E-state index in [9.17, 15) is 4.79 Å². The van der Waals surface area contributed by atoms with E-state index in [1.807, 2.05) is 34.5 Å². The molecule has 1 atom stereocenters. The van der Waals surface area contributed by atoms with E-state index < -0.39 is 0 Å². The van der Waals surface area contributed by atoms with Crippen LogP contribution in [0.15, 0.2) is 47.2 Å². The molecule has 1 unspecified atom stereocenters. The molecule has 0 aliphatic carbocycles. The van der Waals surface area contributed by atoms with Crippen molar-refractivity contribution < 1.29 is 14.3 Å². The van der Waals surface area contributed by atoms with Crippen molar-refractivity contribution in [3.05, 3.63) is 58.3 Å². The van der Waals surface area contributed by atoms with E-state index in [0.717, 1.165) is 50.9 Å². The van der Waals surface area contributed by atoms with E-state index in [4.69, 9.17) is 9.47 Å². The lowest BCUT2D eigenvalue weighted by molar-refractivity contribution is -0.162. The van der Waals surface area contributed by atoms with Gasteiger partial charge in [0.15, 0.2) is 0 Å². The largest absolute Gasteiger partial charge is 0.375 e. The molecule has 1 amide bonds. The lowest BCUT2D eigenvalue weighted by atomic mass is 9.83. The molecule has 2 fully saturated rings. The van der Waals surface area contributed by atoms with E-state index in [1.54, 1.807) is 11.3 Å². The summed E-state index contributed by atoms with van der Waals surface area (Å²) in [6, 6.07) is 12.4. The summed E-state index contributed by atoms with van der Waals surface area (Å²) in [5, 5.41) is 4.08. The predicted octanol–water partition coefficient (Wildman–Crippen LogP) is 4.05. The molecule has 144 valence electrons. The molecule has 1 aromatic heterocycles. The van der Waals surface area contributed by atoms with Gasteiger partial charge in [0.25, 0.3) is 0 Å². The predicted molar refractivity (Wildman–Crippen MR) is 107 cm³/mol. The third kappa shape index (κ3) is 4.78. The van der Waals surface area contributed by atoms with Crippen LogP contribution in [0.5, 0.6) is 0 Å². The molecule has 0 saturated carbocycles. The molecular weight excluding hydrogens is 358 g/mol. The highest BCUT2D eigenvalue weighted by Crippen LogP contribution is 2.36. The summed E-state index contributed by atoms with van der Waals surface area (Å²) in [7, 11) is 0. The molecule has 1 spiro atoms. The highest BCUT2D eigenvalue weighted by Gasteiger charge is 2.41. The van der Waals surface area contributed by atoms with Crippen molar-refractivity contribution in [2.45, 2.75) is 50.4 Å². The van der Waals surface area contributed by atoms with Gasteiger partial charge < -0.3 is 14.4 Å². The molecule has 4 nitrogen and oxygen atoms in total. The second-order valence-corrected chi connectivity index (χ2v) is 8.41. The Balaban J connectivity index is 1.27. The monoisotopic (exact) mass is 385 g/mol. The van der Waals surface area contributed by atoms with E-state index in [-0.39, 0.29) is 17.6 Å². The first-order valence-electron chi connectivity index (χ1n) is 9.81. The summed E-state index contributed by atoms with van der Waals surface area (Å²) in [5.74, 6) is 0.232. The van der Waals surface area contributed by atoms with E-state index in [1.165, 1.54) is 5.56 Å². The average molecular weight is 386 g/mol. The number of hydrogen-bond acceptors (Lipinski definition) is 4. The molecular formula is C22H27NO3S. The van der Waals surface area contributed by atoms with Gasteiger partial charge in [0.05, 0.1) is 24.7 Å². The first-order valence-corrected chi connectivity index (χ1v) is 10.8. The van der Waals surface area contributed by atoms with Crippen molar-refractivity contribution in [2.75, 3.05) is 19.7 Å². The van der Waals surface area contributed by atoms with E-state index in [0.29, 0.717) is 13.0 Å². The van der Waals surface area contributed by atoms with Crippen LogP contribution in [0.2, 0.25) is 0 Å². The summed E-state index contributed by atoms with van der Waals surface area (Å²) in [4.78, 5) is 14.5. The van der Waals surface area contributed by atoms with Crippen molar-refractivity contribution in [1.82, 2.24) is 4.90 Å². The van der Waals surface area contributed by atoms with Gasteiger partial charge >= 0.3 is 0 Å². The van der Waals surface area contributed by atoms with E-state index in [2.05, 4.69) is 17.5 Å². The quantitative estimate of drug-likeness (QED) is 0.779. The summed E-state index contributed by atoms with van der Waals surface area (Å²) in [6.45, 7) is 2.98. The van der Waals surface area contributed by atoms with Gasteiger partial charge in [0.2, 0.25) is 5.91 Å². The molecule has 0 radical (unpaired) electrons. The Bertz CT molecular complexity index is 723. The van der Waals surface area contributed by atoms with Gasteiger partial charge in [-0.05, 0) is 47.2 Å². The number of amides is 1. The van der Waals surface area contributed by atoms with Crippen LogP contribution in [0.1, 0.15) is 36.8 Å². The Morgan fingerprint density at radius 1 is 1.19 bits per heavy atom. The fraction of sp³-hybridized carbons (Fsp3) is 0.500. The summed E-state index contributed by atoms with van der Waals surface area (Å²) in [6.07, 6.45) is 4.47. The average Bonchev–Trinajstić information content (AvgIpc) is 3.21. The molecule has 0 N–H and O–H groups in total. The molecule has 1 aromatic carbocycles. The molecule has 0 bridgehead atoms. The fourth-order valence-corrected chi connectivity index (χ4v) is 4.77. The normalized spacial score (nSPS) is 22.1. The van der Waals surface area contributed by atoms with Crippen molar-refractivity contribution in [3.8, 4) is 0 Å². The number of rotatable bonds is 5. The van der Waals surface area contributed by atoms with Gasteiger partial charge in [-0.3, -0.25) is 4.79 Å². The second-order valence-electron chi connectivity index (χ2n) is 7.63. The number of nitrogens with zero attached hydrogens (tertiary/aromatic N) is 1. The first kappa shape index (κ1) is 18.7. The highest BCUT2D eigenvalue weighted by atomic mass is 32.1. The zero-order valence-electron chi connectivity index (χ0n) is 15.6. The number of ether oxygens (including phenoxy) is 2. The van der Waals surface area contributed by atoms with Crippen molar-refractivity contribution in [1.29, 1.82) is 0 Å². The van der Waals surface area contributed by atoms with Gasteiger partial charge in [-0.15, -0.1) is 0 Å². The van der Waals surface area contributed by atoms with Gasteiger partial charge in [-0.2, -0.15) is 11.3 Å². The van der Waals surface area contributed by atoms with Crippen LogP contribution in [0.3, 0.4) is 0 Å². The Hall–Kier alpha value is -1.69. The van der Waals surface area contributed by atoms with Gasteiger partial charge in [0, 0.05) is 26.1 Å². The highest BCUT2D eigenvalue weighted by molar-refractivity contribution is 7.08. The maximum absolute atomic E-state index is 12.5. The summed E-state index contributed by atoms with van der Waals surface area (Å²) < 4.78 is 12.4. The van der Waals surface area contributed by atoms with Crippen LogP contribution in [0.25, 0.3) is 0 Å². The summed E-state index contributed by atoms with van der Waals surface area (Å²) >= 11 is 1.64. The lowest BCUT2D eigenvalue weighted by Gasteiger charge is -2.46. The standard InChI is InChI=1S/C22H27NO3S/c24-21(14-19-7-13-27-17-19)23-10-8-22(9-11-23)15-20(6-12-26-22)25-16-18-4-2-1-3-5-18/h1-5,7,13,17,20H,6,8-12,14-16H2. The van der Waals surface area contributed by atoms with Crippen LogP contribution in [-0.2, 0) is 27.3 Å². The fourth-order valence-electron chi connectivity index (χ4n) is 4.11. The molecule has 2 aliphatic rings. The Kier molecular flexibility index (Phi) is 5.91. The van der Waals surface area contributed by atoms with Crippen molar-refractivity contribution >= 4 is 17.2 Å². The van der Waals surface area contributed by atoms with Crippen LogP contribution >= 0.6 is 11.3 Å². The first-order chi connectivity index (χ1) is 13.2. The minimum atomic E-state index is -0.112. The SMILES string of the molecule is O=C(Cc1ccsc1)N1CCC2(CC1)CC(OCc1ccccc1)CCO2. The number of likely N-dealkylation sites (tertiary alicyclic amines) is 1. The lowest BCUT2D eigenvalue weighted by Crippen LogP contribution is -2.52. The van der Waals surface area contributed by atoms with Crippen LogP contribution < -0.4 is 0 Å².